The van der Waals surface area contributed by atoms with E-state index in [9.17, 15) is 13.2 Å². The summed E-state index contributed by atoms with van der Waals surface area (Å²) in [6, 6.07) is 5.18. The maximum Gasteiger partial charge on any atom is 0.277 e. The highest BCUT2D eigenvalue weighted by Gasteiger charge is 2.25. The summed E-state index contributed by atoms with van der Waals surface area (Å²) in [7, 11) is -3.33. The van der Waals surface area contributed by atoms with Gasteiger partial charge in [0.15, 0.2) is 5.78 Å². The lowest BCUT2D eigenvalue weighted by molar-refractivity contribution is 0.102. The highest BCUT2D eigenvalue weighted by atomic mass is 32.2. The van der Waals surface area contributed by atoms with Crippen molar-refractivity contribution >= 4 is 44.6 Å². The minimum atomic E-state index is -3.33. The van der Waals surface area contributed by atoms with Gasteiger partial charge in [0.2, 0.25) is 10.0 Å². The zero-order valence-corrected chi connectivity index (χ0v) is 19.2. The first-order chi connectivity index (χ1) is 14.2. The minimum Gasteiger partial charge on any atom is -0.410 e. The summed E-state index contributed by atoms with van der Waals surface area (Å²) in [5.41, 5.74) is 2.92. The van der Waals surface area contributed by atoms with Crippen LogP contribution >= 0.6 is 23.1 Å². The Kier molecular flexibility index (Phi) is 5.69. The Morgan fingerprint density at radius 2 is 2.10 bits per heavy atom. The molecule has 8 nitrogen and oxygen atoms in total. The number of carbonyl (C=O) groups excluding carboxylic acids is 1. The molecular weight excluding hydrogens is 444 g/mol. The van der Waals surface area contributed by atoms with Crippen molar-refractivity contribution in [3.63, 3.8) is 0 Å². The largest absolute Gasteiger partial charge is 0.410 e. The molecule has 158 valence electrons. The van der Waals surface area contributed by atoms with E-state index in [0.717, 1.165) is 34.0 Å². The zero-order valence-electron chi connectivity index (χ0n) is 16.7. The molecular formula is C19H20N4O4S3. The van der Waals surface area contributed by atoms with Crippen LogP contribution in [0.3, 0.4) is 0 Å². The van der Waals surface area contributed by atoms with Gasteiger partial charge in [-0.15, -0.1) is 21.5 Å². The van der Waals surface area contributed by atoms with E-state index in [4.69, 9.17) is 4.42 Å². The Balaban J connectivity index is 1.46. The summed E-state index contributed by atoms with van der Waals surface area (Å²) < 4.78 is 31.0. The van der Waals surface area contributed by atoms with Crippen LogP contribution in [0.2, 0.25) is 0 Å². The number of thiazole rings is 1. The lowest BCUT2D eigenvalue weighted by atomic mass is 9.99. The number of Topliss-reactive ketones (excluding diaryl/α,β-unsaturated/α-hetero) is 1. The Hall–Kier alpha value is -2.24. The molecule has 0 N–H and O–H groups in total. The SMILES string of the molecule is Cc1nc(C)c(-c2nnc(SCC(=O)c3ccc4c(c3)CCCN4S(C)(=O)=O)o2)s1. The van der Waals surface area contributed by atoms with Gasteiger partial charge in [0.05, 0.1) is 28.4 Å². The van der Waals surface area contributed by atoms with E-state index >= 15 is 0 Å². The number of hydrogen-bond acceptors (Lipinski definition) is 9. The third-order valence-corrected chi connectivity index (χ3v) is 7.77. The van der Waals surface area contributed by atoms with Crippen LogP contribution in [-0.2, 0) is 16.4 Å². The second-order valence-electron chi connectivity index (χ2n) is 7.01. The summed E-state index contributed by atoms with van der Waals surface area (Å²) in [5.74, 6) is 0.475. The molecule has 0 spiro atoms. The number of thioether (sulfide) groups is 1. The van der Waals surface area contributed by atoms with Crippen molar-refractivity contribution in [3.05, 3.63) is 40.0 Å². The molecule has 2 aromatic heterocycles. The lowest BCUT2D eigenvalue weighted by Crippen LogP contribution is -2.34. The van der Waals surface area contributed by atoms with Gasteiger partial charge in [0, 0.05) is 12.1 Å². The predicted octanol–water partition coefficient (Wildman–Crippen LogP) is 3.50. The summed E-state index contributed by atoms with van der Waals surface area (Å²) in [6.45, 7) is 4.27. The Bertz CT molecular complexity index is 1220. The molecule has 0 saturated carbocycles. The van der Waals surface area contributed by atoms with Crippen molar-refractivity contribution in [2.24, 2.45) is 0 Å². The minimum absolute atomic E-state index is 0.0798. The molecule has 0 saturated heterocycles. The van der Waals surface area contributed by atoms with Gasteiger partial charge in [-0.1, -0.05) is 11.8 Å². The first kappa shape index (κ1) is 21.0. The first-order valence-electron chi connectivity index (χ1n) is 9.27. The van der Waals surface area contributed by atoms with Gasteiger partial charge in [-0.3, -0.25) is 9.10 Å². The van der Waals surface area contributed by atoms with Crippen LogP contribution in [0, 0.1) is 13.8 Å². The van der Waals surface area contributed by atoms with Crippen molar-refractivity contribution in [2.75, 3.05) is 22.9 Å². The van der Waals surface area contributed by atoms with Crippen molar-refractivity contribution < 1.29 is 17.6 Å². The molecule has 0 unspecified atom stereocenters. The number of carbonyl (C=O) groups is 1. The highest BCUT2D eigenvalue weighted by Crippen LogP contribution is 2.32. The van der Waals surface area contributed by atoms with Gasteiger partial charge in [0.25, 0.3) is 11.1 Å². The molecule has 3 heterocycles. The molecule has 4 rings (SSSR count). The number of aromatic nitrogens is 3. The standard InChI is InChI=1S/C19H20N4O4S3/c1-11-17(29-12(2)20-11)18-21-22-19(27-18)28-10-16(24)14-6-7-15-13(9-14)5-4-8-23(15)30(3,25)26/h6-7,9H,4-5,8,10H2,1-3H3. The fourth-order valence-electron chi connectivity index (χ4n) is 3.38. The molecule has 11 heteroatoms. The third kappa shape index (κ3) is 4.28. The first-order valence-corrected chi connectivity index (χ1v) is 12.9. The van der Waals surface area contributed by atoms with Gasteiger partial charge in [0.1, 0.15) is 4.88 Å². The van der Waals surface area contributed by atoms with Crippen LogP contribution in [0.5, 0.6) is 0 Å². The Morgan fingerprint density at radius 3 is 2.80 bits per heavy atom. The van der Waals surface area contributed by atoms with Crippen LogP contribution in [0.15, 0.2) is 27.8 Å². The summed E-state index contributed by atoms with van der Waals surface area (Å²) in [5, 5.41) is 9.32. The van der Waals surface area contributed by atoms with E-state index < -0.39 is 10.0 Å². The summed E-state index contributed by atoms with van der Waals surface area (Å²) >= 11 is 2.67. The average Bonchev–Trinajstić information content (AvgIpc) is 3.30. The molecule has 0 radical (unpaired) electrons. The molecule has 0 amide bonds. The van der Waals surface area contributed by atoms with Crippen molar-refractivity contribution in [1.29, 1.82) is 0 Å². The zero-order chi connectivity index (χ0) is 21.5. The molecule has 3 aromatic rings. The van der Waals surface area contributed by atoms with Gasteiger partial charge >= 0.3 is 0 Å². The van der Waals surface area contributed by atoms with Crippen LogP contribution in [0.25, 0.3) is 10.8 Å². The van der Waals surface area contributed by atoms with Crippen LogP contribution in [-0.4, -0.2) is 47.9 Å². The van der Waals surface area contributed by atoms with Crippen LogP contribution in [0.1, 0.15) is 33.0 Å². The average molecular weight is 465 g/mol. The molecule has 30 heavy (non-hydrogen) atoms. The Morgan fingerprint density at radius 1 is 1.30 bits per heavy atom. The van der Waals surface area contributed by atoms with Gasteiger partial charge in [-0.25, -0.2) is 13.4 Å². The normalized spacial score (nSPS) is 14.0. The monoisotopic (exact) mass is 464 g/mol. The van der Waals surface area contributed by atoms with Crippen molar-refractivity contribution in [3.8, 4) is 10.8 Å². The van der Waals surface area contributed by atoms with Crippen LogP contribution < -0.4 is 4.31 Å². The number of rotatable bonds is 6. The second kappa shape index (κ2) is 8.12. The highest BCUT2D eigenvalue weighted by molar-refractivity contribution is 7.99. The predicted molar refractivity (Wildman–Crippen MR) is 117 cm³/mol. The van der Waals surface area contributed by atoms with E-state index in [2.05, 4.69) is 15.2 Å². The fraction of sp³-hybridized carbons (Fsp3) is 0.368. The number of nitrogens with zero attached hydrogens (tertiary/aromatic N) is 4. The molecule has 1 aliphatic heterocycles. The number of ketones is 1. The lowest BCUT2D eigenvalue weighted by Gasteiger charge is -2.29. The number of sulfonamides is 1. The quantitative estimate of drug-likeness (QED) is 0.403. The topological polar surface area (TPSA) is 106 Å². The molecule has 1 aromatic carbocycles. The van der Waals surface area contributed by atoms with Gasteiger partial charge < -0.3 is 4.42 Å². The summed E-state index contributed by atoms with van der Waals surface area (Å²) in [6.07, 6.45) is 2.68. The number of hydrogen-bond donors (Lipinski definition) is 0. The second-order valence-corrected chi connectivity index (χ2v) is 11.1. The summed E-state index contributed by atoms with van der Waals surface area (Å²) in [4.78, 5) is 17.9. The number of benzene rings is 1. The molecule has 0 fully saturated rings. The van der Waals surface area contributed by atoms with Crippen molar-refractivity contribution in [1.82, 2.24) is 15.2 Å². The Labute approximate surface area is 182 Å². The van der Waals surface area contributed by atoms with E-state index in [1.165, 1.54) is 33.7 Å². The number of fused-ring (bicyclic) bond motifs is 1. The number of anilines is 1. The molecule has 1 aliphatic rings. The molecule has 0 atom stereocenters. The van der Waals surface area contributed by atoms with E-state index in [1.807, 2.05) is 13.8 Å². The fourth-order valence-corrected chi connectivity index (χ4v) is 5.88. The van der Waals surface area contributed by atoms with E-state index in [1.54, 1.807) is 18.2 Å². The van der Waals surface area contributed by atoms with E-state index in [-0.39, 0.29) is 11.5 Å². The maximum absolute atomic E-state index is 12.7. The maximum atomic E-state index is 12.7. The van der Waals surface area contributed by atoms with E-state index in [0.29, 0.717) is 28.9 Å². The number of aryl methyl sites for hydroxylation is 3. The molecule has 0 bridgehead atoms. The van der Waals surface area contributed by atoms with Gasteiger partial charge in [-0.2, -0.15) is 0 Å². The molecule has 0 aliphatic carbocycles. The van der Waals surface area contributed by atoms with Crippen molar-refractivity contribution in [2.45, 2.75) is 31.9 Å². The van der Waals surface area contributed by atoms with Gasteiger partial charge in [-0.05, 0) is 50.5 Å². The van der Waals surface area contributed by atoms with Crippen LogP contribution in [0.4, 0.5) is 5.69 Å². The third-order valence-electron chi connectivity index (χ3n) is 4.71. The smallest absolute Gasteiger partial charge is 0.277 e.